The molecule has 2 N–H and O–H groups in total. The van der Waals surface area contributed by atoms with Crippen molar-refractivity contribution in [3.63, 3.8) is 0 Å². The number of fused-ring (bicyclic) bond motifs is 1. The van der Waals surface area contributed by atoms with Gasteiger partial charge in [0.25, 0.3) is 15.9 Å². The molecule has 0 fully saturated rings. The molecule has 0 unspecified atom stereocenters. The lowest BCUT2D eigenvalue weighted by atomic mass is 10.1. The van der Waals surface area contributed by atoms with Crippen molar-refractivity contribution in [1.29, 1.82) is 0 Å². The van der Waals surface area contributed by atoms with Gasteiger partial charge in [-0.3, -0.25) is 4.79 Å². The molecule has 0 atom stereocenters. The van der Waals surface area contributed by atoms with Gasteiger partial charge in [0.05, 0.1) is 17.7 Å². The number of carbonyl (C=O) groups is 1. The average molecular weight is 467 g/mol. The summed E-state index contributed by atoms with van der Waals surface area (Å²) in [7, 11) is -2.59. The second-order valence-corrected chi connectivity index (χ2v) is 8.46. The Morgan fingerprint density at radius 1 is 1.00 bits per heavy atom. The van der Waals surface area contributed by atoms with Crippen LogP contribution in [0, 0.1) is 5.82 Å². The molecule has 33 heavy (non-hydrogen) atoms. The van der Waals surface area contributed by atoms with E-state index in [0.717, 1.165) is 0 Å². The number of amides is 1. The number of hydrogen-bond donors (Lipinski definition) is 2. The number of rotatable bonds is 6. The molecular formula is C23H18FN3O5S. The zero-order valence-corrected chi connectivity index (χ0v) is 18.1. The highest BCUT2D eigenvalue weighted by Crippen LogP contribution is 2.25. The smallest absolute Gasteiger partial charge is 0.276 e. The summed E-state index contributed by atoms with van der Waals surface area (Å²) in [6, 6.07) is 19.7. The molecule has 0 aliphatic carbocycles. The Bertz CT molecular complexity index is 1500. The van der Waals surface area contributed by atoms with Gasteiger partial charge >= 0.3 is 0 Å². The number of hydrogen-bond acceptors (Lipinski definition) is 6. The van der Waals surface area contributed by atoms with Crippen LogP contribution in [0.5, 0.6) is 5.75 Å². The van der Waals surface area contributed by atoms with Crippen molar-refractivity contribution in [2.75, 3.05) is 12.4 Å². The van der Waals surface area contributed by atoms with Gasteiger partial charge in [-0.15, -0.1) is 5.10 Å². The molecule has 0 spiro atoms. The van der Waals surface area contributed by atoms with E-state index in [2.05, 4.69) is 15.2 Å². The Morgan fingerprint density at radius 2 is 1.73 bits per heavy atom. The molecular weight excluding hydrogens is 449 g/mol. The second kappa shape index (κ2) is 9.13. The maximum absolute atomic E-state index is 14.0. The first-order chi connectivity index (χ1) is 15.9. The Hall–Kier alpha value is -4.18. The summed E-state index contributed by atoms with van der Waals surface area (Å²) in [5, 5.41) is 6.79. The summed E-state index contributed by atoms with van der Waals surface area (Å²) in [5.41, 5.74) is -0.251. The summed E-state index contributed by atoms with van der Waals surface area (Å²) in [6.45, 7) is 0. The largest absolute Gasteiger partial charge is 0.493 e. The monoisotopic (exact) mass is 467 g/mol. The molecule has 0 aliphatic rings. The molecule has 4 aromatic rings. The van der Waals surface area contributed by atoms with Crippen LogP contribution in [0.3, 0.4) is 0 Å². The third-order valence-corrected chi connectivity index (χ3v) is 5.87. The van der Waals surface area contributed by atoms with Crippen LogP contribution in [0.15, 0.2) is 93.3 Å². The van der Waals surface area contributed by atoms with Crippen molar-refractivity contribution < 1.29 is 26.8 Å². The molecule has 168 valence electrons. The molecule has 1 aromatic heterocycles. The van der Waals surface area contributed by atoms with Gasteiger partial charge in [-0.25, -0.2) is 4.39 Å². The van der Waals surface area contributed by atoms with E-state index < -0.39 is 21.7 Å². The van der Waals surface area contributed by atoms with Gasteiger partial charge in [-0.05, 0) is 36.4 Å². The molecule has 10 heteroatoms. The second-order valence-electron chi connectivity index (χ2n) is 6.80. The van der Waals surface area contributed by atoms with E-state index in [0.29, 0.717) is 11.1 Å². The van der Waals surface area contributed by atoms with Crippen molar-refractivity contribution in [3.05, 3.63) is 95.8 Å². The standard InChI is InChI=1S/C23H18FN3O5S/c1-31-20-13-7-8-15-14-17(22(28)25-19-12-6-5-11-18(19)24)23(32-21(15)20)26-27-33(29,30)16-9-3-2-4-10-16/h2-14,27H,1H3,(H,25,28)/b26-23-. The predicted molar refractivity (Wildman–Crippen MR) is 119 cm³/mol. The Labute approximate surface area is 188 Å². The molecule has 0 saturated carbocycles. The van der Waals surface area contributed by atoms with Gasteiger partial charge in [-0.1, -0.05) is 42.5 Å². The minimum atomic E-state index is -4.04. The Balaban J connectivity index is 1.83. The van der Waals surface area contributed by atoms with E-state index >= 15 is 0 Å². The zero-order valence-electron chi connectivity index (χ0n) is 17.3. The van der Waals surface area contributed by atoms with Crippen LogP contribution in [0.1, 0.15) is 10.4 Å². The number of para-hydroxylation sites is 2. The highest BCUT2D eigenvalue weighted by atomic mass is 32.2. The third-order valence-electron chi connectivity index (χ3n) is 4.65. The van der Waals surface area contributed by atoms with Crippen LogP contribution >= 0.6 is 0 Å². The van der Waals surface area contributed by atoms with Gasteiger partial charge in [0.15, 0.2) is 11.3 Å². The van der Waals surface area contributed by atoms with Crippen LogP contribution in [0.4, 0.5) is 10.1 Å². The number of benzene rings is 3. The van der Waals surface area contributed by atoms with E-state index in [1.807, 2.05) is 0 Å². The molecule has 8 nitrogen and oxygen atoms in total. The van der Waals surface area contributed by atoms with Crippen LogP contribution in [0.2, 0.25) is 0 Å². The number of anilines is 1. The van der Waals surface area contributed by atoms with Crippen LogP contribution in [-0.2, 0) is 10.0 Å². The molecule has 1 heterocycles. The van der Waals surface area contributed by atoms with E-state index in [1.54, 1.807) is 42.5 Å². The number of carbonyl (C=O) groups excluding carboxylic acids is 1. The van der Waals surface area contributed by atoms with Crippen LogP contribution in [0.25, 0.3) is 11.0 Å². The molecule has 0 saturated heterocycles. The summed E-state index contributed by atoms with van der Waals surface area (Å²) in [4.78, 5) is 15.0. The highest BCUT2D eigenvalue weighted by Gasteiger charge is 2.18. The number of ether oxygens (including phenoxy) is 1. The van der Waals surface area contributed by atoms with Crippen molar-refractivity contribution in [2.45, 2.75) is 4.90 Å². The van der Waals surface area contributed by atoms with E-state index in [-0.39, 0.29) is 27.3 Å². The zero-order chi connectivity index (χ0) is 23.4. The minimum Gasteiger partial charge on any atom is -0.493 e. The topological polar surface area (TPSA) is 110 Å². The number of halogens is 1. The number of sulfonamides is 1. The lowest BCUT2D eigenvalue weighted by Gasteiger charge is -2.09. The maximum atomic E-state index is 14.0. The first-order valence-corrected chi connectivity index (χ1v) is 11.1. The summed E-state index contributed by atoms with van der Waals surface area (Å²) in [5.74, 6) is -1.02. The highest BCUT2D eigenvalue weighted by molar-refractivity contribution is 7.89. The average Bonchev–Trinajstić information content (AvgIpc) is 2.83. The molecule has 0 aliphatic heterocycles. The summed E-state index contributed by atoms with van der Waals surface area (Å²) >= 11 is 0. The van der Waals surface area contributed by atoms with Gasteiger partial charge in [0, 0.05) is 5.39 Å². The van der Waals surface area contributed by atoms with Crippen molar-refractivity contribution in [3.8, 4) is 5.75 Å². The first-order valence-electron chi connectivity index (χ1n) is 9.66. The fourth-order valence-electron chi connectivity index (χ4n) is 3.04. The Morgan fingerprint density at radius 3 is 2.45 bits per heavy atom. The SMILES string of the molecule is COc1cccc2cc(C(=O)Nc3ccccc3F)/c(=N/NS(=O)(=O)c3ccccc3)oc12. The number of nitrogens with one attached hydrogen (secondary N) is 2. The van der Waals surface area contributed by atoms with Gasteiger partial charge in [0.1, 0.15) is 11.4 Å². The van der Waals surface area contributed by atoms with E-state index in [1.165, 1.54) is 43.5 Å². The van der Waals surface area contributed by atoms with Crippen LogP contribution < -0.4 is 20.4 Å². The van der Waals surface area contributed by atoms with Crippen molar-refractivity contribution in [1.82, 2.24) is 4.83 Å². The quantitative estimate of drug-likeness (QED) is 0.421. The molecule has 4 rings (SSSR count). The Kier molecular flexibility index (Phi) is 6.09. The maximum Gasteiger partial charge on any atom is 0.276 e. The van der Waals surface area contributed by atoms with Gasteiger partial charge < -0.3 is 14.5 Å². The first kappa shape index (κ1) is 22.0. The normalized spacial score (nSPS) is 11.9. The van der Waals surface area contributed by atoms with Gasteiger partial charge in [0.2, 0.25) is 5.55 Å². The molecule has 3 aromatic carbocycles. The molecule has 1 amide bonds. The fraction of sp³-hybridized carbons (Fsp3) is 0.0435. The summed E-state index contributed by atoms with van der Waals surface area (Å²) in [6.07, 6.45) is 0. The summed E-state index contributed by atoms with van der Waals surface area (Å²) < 4.78 is 50.3. The fourth-order valence-corrected chi connectivity index (χ4v) is 3.86. The predicted octanol–water partition coefficient (Wildman–Crippen LogP) is 3.63. The third kappa shape index (κ3) is 4.70. The van der Waals surface area contributed by atoms with Crippen LogP contribution in [-0.4, -0.2) is 21.4 Å². The van der Waals surface area contributed by atoms with E-state index in [4.69, 9.17) is 9.15 Å². The van der Waals surface area contributed by atoms with Gasteiger partial charge in [-0.2, -0.15) is 13.2 Å². The van der Waals surface area contributed by atoms with E-state index in [9.17, 15) is 17.6 Å². The van der Waals surface area contributed by atoms with Crippen molar-refractivity contribution in [2.24, 2.45) is 5.10 Å². The molecule has 0 bridgehead atoms. The minimum absolute atomic E-state index is 0.0236. The number of methoxy groups -OCH3 is 1. The van der Waals surface area contributed by atoms with Crippen molar-refractivity contribution >= 4 is 32.6 Å². The molecule has 0 radical (unpaired) electrons. The lowest BCUT2D eigenvalue weighted by molar-refractivity contribution is 0.102. The number of nitrogens with zero attached hydrogens (tertiary/aromatic N) is 1. The lowest BCUT2D eigenvalue weighted by Crippen LogP contribution is -2.27.